The first-order valence-electron chi connectivity index (χ1n) is 5.70. The lowest BCUT2D eigenvalue weighted by molar-refractivity contribution is 0.299. The second-order valence-electron chi connectivity index (χ2n) is 3.62. The number of hydrogen-bond donors (Lipinski definition) is 0. The molecule has 0 spiro atoms. The van der Waals surface area contributed by atoms with Gasteiger partial charge in [-0.25, -0.2) is 0 Å². The van der Waals surface area contributed by atoms with Crippen LogP contribution in [0.2, 0.25) is 0 Å². The highest BCUT2D eigenvalue weighted by Crippen LogP contribution is 2.27. The number of alkyl halides is 1. The van der Waals surface area contributed by atoms with Crippen molar-refractivity contribution in [3.05, 3.63) is 23.8 Å². The third-order valence-corrected chi connectivity index (χ3v) is 2.48. The molecule has 16 heavy (non-hydrogen) atoms. The summed E-state index contributed by atoms with van der Waals surface area (Å²) in [5, 5.41) is 0. The number of unbranched alkanes of at least 4 members (excludes halogenated alkanes) is 1. The fraction of sp³-hybridized carbons (Fsp3) is 0.538. The average molecular weight is 243 g/mol. The van der Waals surface area contributed by atoms with E-state index in [9.17, 15) is 0 Å². The van der Waals surface area contributed by atoms with Gasteiger partial charge in [-0.1, -0.05) is 19.4 Å². The number of ether oxygens (including phenoxy) is 2. The summed E-state index contributed by atoms with van der Waals surface area (Å²) >= 11 is 5.59. The summed E-state index contributed by atoms with van der Waals surface area (Å²) in [6.07, 6.45) is 2.22. The number of halogens is 1. The topological polar surface area (TPSA) is 18.5 Å². The first kappa shape index (κ1) is 13.2. The predicted molar refractivity (Wildman–Crippen MR) is 67.8 cm³/mol. The zero-order chi connectivity index (χ0) is 11.8. The zero-order valence-electron chi connectivity index (χ0n) is 9.96. The van der Waals surface area contributed by atoms with Crippen molar-refractivity contribution >= 4 is 11.6 Å². The lowest BCUT2D eigenvalue weighted by Crippen LogP contribution is -2.02. The lowest BCUT2D eigenvalue weighted by atomic mass is 10.2. The Hall–Kier alpha value is -0.890. The predicted octanol–water partition coefficient (Wildman–Crippen LogP) is 3.79. The van der Waals surface area contributed by atoms with Crippen molar-refractivity contribution in [2.45, 2.75) is 26.7 Å². The summed E-state index contributed by atoms with van der Waals surface area (Å²) in [5.41, 5.74) is 1.05. The van der Waals surface area contributed by atoms with Gasteiger partial charge < -0.3 is 9.47 Å². The molecule has 0 N–H and O–H groups in total. The van der Waals surface area contributed by atoms with Crippen LogP contribution in [-0.4, -0.2) is 19.1 Å². The van der Waals surface area contributed by atoms with Gasteiger partial charge in [0.05, 0.1) is 12.5 Å². The van der Waals surface area contributed by atoms with Crippen LogP contribution < -0.4 is 9.47 Å². The highest BCUT2D eigenvalue weighted by atomic mass is 35.5. The summed E-state index contributed by atoms with van der Waals surface area (Å²) in [5.74, 6) is 2.26. The van der Waals surface area contributed by atoms with Crippen LogP contribution in [0.1, 0.15) is 25.3 Å². The van der Waals surface area contributed by atoms with E-state index in [1.54, 1.807) is 0 Å². The molecule has 0 heterocycles. The third-order valence-electron chi connectivity index (χ3n) is 2.32. The average Bonchev–Trinajstić information content (AvgIpc) is 2.30. The van der Waals surface area contributed by atoms with Crippen molar-refractivity contribution < 1.29 is 9.47 Å². The van der Waals surface area contributed by atoms with Gasteiger partial charge in [0.1, 0.15) is 18.1 Å². The molecule has 1 aromatic carbocycles. The van der Waals surface area contributed by atoms with Gasteiger partial charge in [-0.3, -0.25) is 0 Å². The fourth-order valence-corrected chi connectivity index (χ4v) is 1.46. The van der Waals surface area contributed by atoms with Crippen LogP contribution in [0.15, 0.2) is 18.2 Å². The molecule has 0 aliphatic heterocycles. The Kier molecular flexibility index (Phi) is 6.09. The molecule has 0 aromatic heterocycles. The molecule has 0 saturated carbocycles. The SMILES string of the molecule is CCCCOc1cccc(OCCCl)c1C. The summed E-state index contributed by atoms with van der Waals surface area (Å²) in [6.45, 7) is 5.44. The fourth-order valence-electron chi connectivity index (χ4n) is 1.38. The summed E-state index contributed by atoms with van der Waals surface area (Å²) in [6, 6.07) is 5.85. The summed E-state index contributed by atoms with van der Waals surface area (Å²) in [7, 11) is 0. The molecule has 0 bridgehead atoms. The molecule has 3 heteroatoms. The van der Waals surface area contributed by atoms with Crippen LogP contribution in [0, 0.1) is 6.92 Å². The molecule has 90 valence electrons. The monoisotopic (exact) mass is 242 g/mol. The van der Waals surface area contributed by atoms with Gasteiger partial charge in [0.15, 0.2) is 0 Å². The van der Waals surface area contributed by atoms with Crippen molar-refractivity contribution in [2.24, 2.45) is 0 Å². The van der Waals surface area contributed by atoms with E-state index in [1.165, 1.54) is 0 Å². The molecule has 0 saturated heterocycles. The largest absolute Gasteiger partial charge is 0.493 e. The van der Waals surface area contributed by atoms with Crippen molar-refractivity contribution in [3.8, 4) is 11.5 Å². The van der Waals surface area contributed by atoms with Crippen LogP contribution in [-0.2, 0) is 0 Å². The molecule has 0 atom stereocenters. The van der Waals surface area contributed by atoms with Crippen LogP contribution in [0.4, 0.5) is 0 Å². The Morgan fingerprint density at radius 1 is 1.12 bits per heavy atom. The maximum Gasteiger partial charge on any atom is 0.125 e. The summed E-state index contributed by atoms with van der Waals surface area (Å²) < 4.78 is 11.2. The van der Waals surface area contributed by atoms with E-state index in [1.807, 2.05) is 25.1 Å². The maximum absolute atomic E-state index is 5.68. The Morgan fingerprint density at radius 3 is 2.31 bits per heavy atom. The van der Waals surface area contributed by atoms with Crippen molar-refractivity contribution in [3.63, 3.8) is 0 Å². The number of benzene rings is 1. The maximum atomic E-state index is 5.68. The molecular weight excluding hydrogens is 224 g/mol. The number of rotatable bonds is 7. The van der Waals surface area contributed by atoms with Crippen LogP contribution >= 0.6 is 11.6 Å². The van der Waals surface area contributed by atoms with Crippen molar-refractivity contribution in [1.82, 2.24) is 0 Å². The van der Waals surface area contributed by atoms with Crippen LogP contribution in [0.3, 0.4) is 0 Å². The van der Waals surface area contributed by atoms with Gasteiger partial charge in [0.2, 0.25) is 0 Å². The zero-order valence-corrected chi connectivity index (χ0v) is 10.7. The molecule has 0 aliphatic rings. The van der Waals surface area contributed by atoms with Gasteiger partial charge in [0.25, 0.3) is 0 Å². The first-order chi connectivity index (χ1) is 7.79. The summed E-state index contributed by atoms with van der Waals surface area (Å²) in [4.78, 5) is 0. The van der Waals surface area contributed by atoms with E-state index in [0.29, 0.717) is 12.5 Å². The van der Waals surface area contributed by atoms with Crippen molar-refractivity contribution in [2.75, 3.05) is 19.1 Å². The minimum Gasteiger partial charge on any atom is -0.493 e. The Bertz CT molecular complexity index is 313. The normalized spacial score (nSPS) is 10.2. The highest BCUT2D eigenvalue weighted by Gasteiger charge is 2.05. The molecule has 0 radical (unpaired) electrons. The smallest absolute Gasteiger partial charge is 0.125 e. The van der Waals surface area contributed by atoms with Crippen LogP contribution in [0.5, 0.6) is 11.5 Å². The lowest BCUT2D eigenvalue weighted by Gasteiger charge is -2.12. The van der Waals surface area contributed by atoms with Gasteiger partial charge in [0, 0.05) is 5.56 Å². The minimum absolute atomic E-state index is 0.500. The minimum atomic E-state index is 0.500. The van der Waals surface area contributed by atoms with E-state index in [4.69, 9.17) is 21.1 Å². The Labute approximate surface area is 103 Å². The quantitative estimate of drug-likeness (QED) is 0.535. The molecule has 0 fully saturated rings. The third kappa shape index (κ3) is 3.93. The Morgan fingerprint density at radius 2 is 1.75 bits per heavy atom. The first-order valence-corrected chi connectivity index (χ1v) is 6.24. The molecule has 1 aromatic rings. The second kappa shape index (κ2) is 7.39. The molecule has 2 nitrogen and oxygen atoms in total. The van der Waals surface area contributed by atoms with Crippen molar-refractivity contribution in [1.29, 1.82) is 0 Å². The van der Waals surface area contributed by atoms with Gasteiger partial charge in [-0.15, -0.1) is 11.6 Å². The van der Waals surface area contributed by atoms with E-state index in [2.05, 4.69) is 6.92 Å². The van der Waals surface area contributed by atoms with E-state index in [0.717, 1.165) is 36.5 Å². The van der Waals surface area contributed by atoms with E-state index >= 15 is 0 Å². The number of hydrogen-bond acceptors (Lipinski definition) is 2. The van der Waals surface area contributed by atoms with Crippen LogP contribution in [0.25, 0.3) is 0 Å². The Balaban J connectivity index is 2.62. The van der Waals surface area contributed by atoms with Gasteiger partial charge >= 0.3 is 0 Å². The molecular formula is C13H19ClO2. The molecule has 1 rings (SSSR count). The molecule has 0 amide bonds. The van der Waals surface area contributed by atoms with Gasteiger partial charge in [-0.2, -0.15) is 0 Å². The highest BCUT2D eigenvalue weighted by molar-refractivity contribution is 6.18. The van der Waals surface area contributed by atoms with E-state index < -0.39 is 0 Å². The standard InChI is InChI=1S/C13H19ClO2/c1-3-4-9-15-12-6-5-7-13(11(12)2)16-10-8-14/h5-7H,3-4,8-10H2,1-2H3. The molecule has 0 aliphatic carbocycles. The second-order valence-corrected chi connectivity index (χ2v) is 4.00. The molecule has 0 unspecified atom stereocenters. The van der Waals surface area contributed by atoms with Gasteiger partial charge in [-0.05, 0) is 25.5 Å². The van der Waals surface area contributed by atoms with E-state index in [-0.39, 0.29) is 0 Å².